The number of nitrogens with one attached hydrogen (secondary N) is 1. The molecule has 5 rings (SSSR count). The molecule has 1 fully saturated rings. The van der Waals surface area contributed by atoms with Crippen molar-refractivity contribution < 1.29 is 4.21 Å². The fraction of sp³-hybridized carbons (Fsp3) is 0.280. The minimum absolute atomic E-state index is 0.556. The number of hydrogen-bond donors (Lipinski definition) is 1. The van der Waals surface area contributed by atoms with E-state index in [1.54, 1.807) is 6.26 Å². The largest absolute Gasteiger partial charge is 0.324 e. The van der Waals surface area contributed by atoms with Crippen LogP contribution in [0.15, 0.2) is 71.9 Å². The molecule has 170 valence electrons. The molecule has 0 aliphatic carbocycles. The van der Waals surface area contributed by atoms with Gasteiger partial charge in [-0.05, 0) is 55.1 Å². The molecular formula is C25H28N6OS. The number of hydrogen-bond acceptors (Lipinski definition) is 6. The van der Waals surface area contributed by atoms with Crippen LogP contribution in [0, 0.1) is 0 Å². The second-order valence-electron chi connectivity index (χ2n) is 8.51. The fourth-order valence-electron chi connectivity index (χ4n) is 4.07. The predicted molar refractivity (Wildman–Crippen MR) is 134 cm³/mol. The van der Waals surface area contributed by atoms with Crippen molar-refractivity contribution in [3.05, 3.63) is 72.6 Å². The predicted octanol–water partition coefficient (Wildman–Crippen LogP) is 3.65. The molecule has 1 N–H and O–H groups in total. The van der Waals surface area contributed by atoms with Gasteiger partial charge in [0, 0.05) is 83.8 Å². The maximum absolute atomic E-state index is 11.7. The van der Waals surface area contributed by atoms with Crippen molar-refractivity contribution in [2.45, 2.75) is 11.4 Å². The molecule has 1 saturated heterocycles. The maximum atomic E-state index is 11.7. The van der Waals surface area contributed by atoms with Crippen molar-refractivity contribution in [2.75, 3.05) is 44.8 Å². The number of fused-ring (bicyclic) bond motifs is 1. The quantitative estimate of drug-likeness (QED) is 0.474. The molecule has 0 saturated carbocycles. The normalized spacial score (nSPS) is 16.2. The van der Waals surface area contributed by atoms with Gasteiger partial charge in [0.2, 0.25) is 5.95 Å². The number of aromatic nitrogens is 3. The average molecular weight is 461 g/mol. The lowest BCUT2D eigenvalue weighted by Gasteiger charge is -2.32. The molecule has 1 atom stereocenters. The van der Waals surface area contributed by atoms with E-state index >= 15 is 0 Å². The van der Waals surface area contributed by atoms with Gasteiger partial charge in [-0.2, -0.15) is 4.98 Å². The van der Waals surface area contributed by atoms with Crippen LogP contribution in [-0.4, -0.2) is 68.0 Å². The molecule has 33 heavy (non-hydrogen) atoms. The van der Waals surface area contributed by atoms with Crippen LogP contribution >= 0.6 is 0 Å². The highest BCUT2D eigenvalue weighted by molar-refractivity contribution is 7.84. The van der Waals surface area contributed by atoms with Crippen molar-refractivity contribution in [2.24, 2.45) is 0 Å². The Balaban J connectivity index is 1.31. The van der Waals surface area contributed by atoms with E-state index in [1.165, 1.54) is 5.56 Å². The Morgan fingerprint density at radius 3 is 2.39 bits per heavy atom. The number of benzene rings is 2. The van der Waals surface area contributed by atoms with E-state index in [9.17, 15) is 4.21 Å². The molecule has 0 amide bonds. The van der Waals surface area contributed by atoms with Crippen molar-refractivity contribution in [1.29, 1.82) is 0 Å². The lowest BCUT2D eigenvalue weighted by Crippen LogP contribution is -2.43. The van der Waals surface area contributed by atoms with E-state index in [0.717, 1.165) is 60.0 Å². The smallest absolute Gasteiger partial charge is 0.229 e. The van der Waals surface area contributed by atoms with Crippen LogP contribution in [0.2, 0.25) is 0 Å². The van der Waals surface area contributed by atoms with Crippen molar-refractivity contribution in [3.8, 4) is 5.69 Å². The zero-order valence-electron chi connectivity index (χ0n) is 18.9. The first-order valence-electron chi connectivity index (χ1n) is 11.1. The Bertz CT molecular complexity index is 1260. The minimum atomic E-state index is -0.993. The van der Waals surface area contributed by atoms with E-state index in [2.05, 4.69) is 51.4 Å². The topological polar surface area (TPSA) is 66.3 Å². The van der Waals surface area contributed by atoms with Crippen molar-refractivity contribution in [3.63, 3.8) is 0 Å². The van der Waals surface area contributed by atoms with Gasteiger partial charge in [0.15, 0.2) is 0 Å². The van der Waals surface area contributed by atoms with Crippen LogP contribution in [0.4, 0.5) is 11.6 Å². The molecule has 2 aromatic heterocycles. The Kier molecular flexibility index (Phi) is 6.22. The minimum Gasteiger partial charge on any atom is -0.324 e. The maximum Gasteiger partial charge on any atom is 0.229 e. The van der Waals surface area contributed by atoms with E-state index in [4.69, 9.17) is 4.98 Å². The van der Waals surface area contributed by atoms with Crippen LogP contribution in [0.3, 0.4) is 0 Å². The summed E-state index contributed by atoms with van der Waals surface area (Å²) in [6.07, 6.45) is 5.50. The molecule has 3 heterocycles. The highest BCUT2D eigenvalue weighted by atomic mass is 32.2. The first-order valence-corrected chi connectivity index (χ1v) is 12.7. The molecule has 2 aromatic carbocycles. The van der Waals surface area contributed by atoms with Gasteiger partial charge in [-0.3, -0.25) is 9.11 Å². The molecule has 8 heteroatoms. The summed E-state index contributed by atoms with van der Waals surface area (Å²) >= 11 is 0. The molecule has 0 spiro atoms. The molecule has 0 radical (unpaired) electrons. The third kappa shape index (κ3) is 4.98. The number of anilines is 2. The van der Waals surface area contributed by atoms with Gasteiger partial charge in [-0.15, -0.1) is 0 Å². The summed E-state index contributed by atoms with van der Waals surface area (Å²) in [5, 5.41) is 4.29. The Hall–Kier alpha value is -3.07. The van der Waals surface area contributed by atoms with Crippen molar-refractivity contribution in [1.82, 2.24) is 24.3 Å². The number of nitrogens with zero attached hydrogens (tertiary/aromatic N) is 5. The van der Waals surface area contributed by atoms with Gasteiger partial charge in [0.1, 0.15) is 5.65 Å². The number of piperazine rings is 1. The fourth-order valence-corrected chi connectivity index (χ4v) is 4.59. The standard InChI is InChI=1S/C25H28N6OS/c1-29-13-15-30(16-14-29)18-19-3-5-21(6-4-19)27-25-26-17-20-11-12-31(24(20)28-25)22-7-9-23(10-8-22)33(2)32/h3-12,17H,13-16,18H2,1-2H3,(H,26,27,28). The van der Waals surface area contributed by atoms with Gasteiger partial charge in [0.25, 0.3) is 0 Å². The zero-order valence-corrected chi connectivity index (χ0v) is 19.8. The zero-order chi connectivity index (χ0) is 22.8. The highest BCUT2D eigenvalue weighted by Crippen LogP contribution is 2.22. The Morgan fingerprint density at radius 2 is 1.70 bits per heavy atom. The van der Waals surface area contributed by atoms with Crippen molar-refractivity contribution >= 4 is 33.5 Å². The molecule has 1 aliphatic heterocycles. The van der Waals surface area contributed by atoms with Crippen LogP contribution in [-0.2, 0) is 17.3 Å². The first-order chi connectivity index (χ1) is 16.0. The van der Waals surface area contributed by atoms with E-state index < -0.39 is 10.8 Å². The monoisotopic (exact) mass is 460 g/mol. The van der Waals surface area contributed by atoms with E-state index in [0.29, 0.717) is 5.95 Å². The molecule has 0 bridgehead atoms. The average Bonchev–Trinajstić information content (AvgIpc) is 3.25. The molecule has 1 unspecified atom stereocenters. The second kappa shape index (κ2) is 9.43. The Morgan fingerprint density at radius 1 is 0.970 bits per heavy atom. The SMILES string of the molecule is CN1CCN(Cc2ccc(Nc3ncc4ccn(-c5ccc(S(C)=O)cc5)c4n3)cc2)CC1. The van der Waals surface area contributed by atoms with Gasteiger partial charge < -0.3 is 14.8 Å². The summed E-state index contributed by atoms with van der Waals surface area (Å²) in [6.45, 7) is 5.47. The van der Waals surface area contributed by atoms with Crippen LogP contribution in [0.1, 0.15) is 5.56 Å². The number of rotatable bonds is 6. The summed E-state index contributed by atoms with van der Waals surface area (Å²) in [5.41, 5.74) is 4.07. The number of likely N-dealkylation sites (N-methyl/N-ethyl adjacent to an activating group) is 1. The summed E-state index contributed by atoms with van der Waals surface area (Å²) in [4.78, 5) is 14.9. The highest BCUT2D eigenvalue weighted by Gasteiger charge is 2.14. The summed E-state index contributed by atoms with van der Waals surface area (Å²) in [5.74, 6) is 0.556. The molecule has 4 aromatic rings. The molecule has 1 aliphatic rings. The van der Waals surface area contributed by atoms with Gasteiger partial charge >= 0.3 is 0 Å². The third-order valence-electron chi connectivity index (χ3n) is 6.09. The van der Waals surface area contributed by atoms with E-state index in [1.807, 2.05) is 47.3 Å². The summed E-state index contributed by atoms with van der Waals surface area (Å²) in [6, 6.07) is 18.2. The van der Waals surface area contributed by atoms with Gasteiger partial charge in [-0.25, -0.2) is 4.98 Å². The lowest BCUT2D eigenvalue weighted by molar-refractivity contribution is 0.148. The summed E-state index contributed by atoms with van der Waals surface area (Å²) < 4.78 is 13.7. The lowest BCUT2D eigenvalue weighted by atomic mass is 10.2. The van der Waals surface area contributed by atoms with Gasteiger partial charge in [0.05, 0.1) is 0 Å². The first kappa shape index (κ1) is 21.8. The van der Waals surface area contributed by atoms with Crippen LogP contribution in [0.5, 0.6) is 0 Å². The summed E-state index contributed by atoms with van der Waals surface area (Å²) in [7, 11) is 1.19. The third-order valence-corrected chi connectivity index (χ3v) is 7.02. The van der Waals surface area contributed by atoms with E-state index in [-0.39, 0.29) is 0 Å². The Labute approximate surface area is 196 Å². The molecular weight excluding hydrogens is 432 g/mol. The van der Waals surface area contributed by atoms with Crippen LogP contribution in [0.25, 0.3) is 16.7 Å². The van der Waals surface area contributed by atoms with Gasteiger partial charge in [-0.1, -0.05) is 12.1 Å². The van der Waals surface area contributed by atoms with Crippen LogP contribution < -0.4 is 5.32 Å². The molecule has 7 nitrogen and oxygen atoms in total. The second-order valence-corrected chi connectivity index (χ2v) is 9.89.